The Kier molecular flexibility index (Phi) is 13.3. The van der Waals surface area contributed by atoms with Gasteiger partial charge < -0.3 is 9.84 Å². The van der Waals surface area contributed by atoms with Gasteiger partial charge in [0.2, 0.25) is 0 Å². The molecule has 0 saturated carbocycles. The fraction of sp³-hybridized carbons (Fsp3) is 0.636. The number of hydrogen-bond acceptors (Lipinski definition) is 3. The first-order valence-corrected chi connectivity index (χ1v) is 9.59. The van der Waals surface area contributed by atoms with E-state index in [9.17, 15) is 9.59 Å². The smallest absolute Gasteiger partial charge is 0.309 e. The van der Waals surface area contributed by atoms with Crippen molar-refractivity contribution in [1.82, 2.24) is 0 Å². The summed E-state index contributed by atoms with van der Waals surface area (Å²) in [4.78, 5) is 22.7. The second kappa shape index (κ2) is 14.3. The quantitative estimate of drug-likeness (QED) is 0.329. The Morgan fingerprint density at radius 3 is 2.04 bits per heavy atom. The van der Waals surface area contributed by atoms with Gasteiger partial charge in [-0.1, -0.05) is 34.9 Å². The minimum absolute atomic E-state index is 0.00994. The van der Waals surface area contributed by atoms with Gasteiger partial charge in [0, 0.05) is 6.42 Å². The van der Waals surface area contributed by atoms with E-state index < -0.39 is 5.97 Å². The van der Waals surface area contributed by atoms with Crippen LogP contribution in [0.3, 0.4) is 0 Å². The Morgan fingerprint density at radius 2 is 1.50 bits per heavy atom. The second-order valence-electron chi connectivity index (χ2n) is 7.08. The molecule has 1 N–H and O–H groups in total. The molecule has 0 saturated heterocycles. The van der Waals surface area contributed by atoms with E-state index in [1.54, 1.807) is 6.92 Å². The molecular formula is C22H36O4. The zero-order valence-corrected chi connectivity index (χ0v) is 17.1. The first-order chi connectivity index (χ1) is 12.3. The minimum atomic E-state index is -0.881. The summed E-state index contributed by atoms with van der Waals surface area (Å²) in [5.41, 5.74) is 3.99. The number of ether oxygens (including phenoxy) is 1. The van der Waals surface area contributed by atoms with Gasteiger partial charge >= 0.3 is 11.9 Å². The largest absolute Gasteiger partial charge is 0.481 e. The number of esters is 1. The molecule has 148 valence electrons. The number of allylic oxidation sites excluding steroid dienone is 6. The van der Waals surface area contributed by atoms with E-state index in [2.05, 4.69) is 45.9 Å². The van der Waals surface area contributed by atoms with Crippen LogP contribution in [0, 0.1) is 5.92 Å². The fourth-order valence-electron chi connectivity index (χ4n) is 2.57. The lowest BCUT2D eigenvalue weighted by Gasteiger charge is -2.13. The Hall–Kier alpha value is -1.84. The molecule has 26 heavy (non-hydrogen) atoms. The van der Waals surface area contributed by atoms with Crippen LogP contribution in [0.25, 0.3) is 0 Å². The molecule has 0 spiro atoms. The van der Waals surface area contributed by atoms with Crippen LogP contribution in [-0.2, 0) is 14.3 Å². The number of hydrogen-bond donors (Lipinski definition) is 1. The summed E-state index contributed by atoms with van der Waals surface area (Å²) in [6.45, 7) is 10.5. The second-order valence-corrected chi connectivity index (χ2v) is 7.08. The van der Waals surface area contributed by atoms with Crippen LogP contribution >= 0.6 is 0 Å². The Labute approximate surface area is 159 Å². The van der Waals surface area contributed by atoms with Gasteiger partial charge in [-0.2, -0.15) is 0 Å². The van der Waals surface area contributed by atoms with Gasteiger partial charge in [-0.25, -0.2) is 0 Å². The third-order valence-corrected chi connectivity index (χ3v) is 4.20. The van der Waals surface area contributed by atoms with Crippen LogP contribution < -0.4 is 0 Å². The summed E-state index contributed by atoms with van der Waals surface area (Å²) in [5, 5.41) is 8.83. The molecule has 0 amide bonds. The van der Waals surface area contributed by atoms with Crippen molar-refractivity contribution in [3.8, 4) is 0 Å². The molecule has 0 rings (SSSR count). The highest BCUT2D eigenvalue weighted by atomic mass is 16.5. The molecule has 0 aliphatic rings. The maximum absolute atomic E-state index is 12.0. The molecule has 4 heteroatoms. The maximum atomic E-state index is 12.0. The van der Waals surface area contributed by atoms with Gasteiger partial charge in [-0.15, -0.1) is 0 Å². The lowest BCUT2D eigenvalue weighted by molar-refractivity contribution is -0.148. The summed E-state index contributed by atoms with van der Waals surface area (Å²) in [5.74, 6) is -1.55. The van der Waals surface area contributed by atoms with Gasteiger partial charge in [-0.05, 0) is 73.1 Å². The number of aliphatic carboxylic acids is 1. The van der Waals surface area contributed by atoms with Gasteiger partial charge in [-0.3, -0.25) is 9.59 Å². The standard InChI is InChI=1S/C22H36O4/c1-6-26-22(25)20(15-16-21(23)24)14-13-19(5)12-8-11-18(4)10-7-9-17(2)3/h9,11,13,20H,6-8,10,12,14-16H2,1-5H3,(H,23,24). The topological polar surface area (TPSA) is 63.6 Å². The number of carbonyl (C=O) groups excluding carboxylic acids is 1. The van der Waals surface area contributed by atoms with E-state index in [1.807, 2.05) is 0 Å². The van der Waals surface area contributed by atoms with E-state index >= 15 is 0 Å². The van der Waals surface area contributed by atoms with Crippen molar-refractivity contribution < 1.29 is 19.4 Å². The predicted molar refractivity (Wildman–Crippen MR) is 107 cm³/mol. The van der Waals surface area contributed by atoms with Crippen LogP contribution in [0.1, 0.15) is 79.6 Å². The van der Waals surface area contributed by atoms with Crippen LogP contribution in [0.15, 0.2) is 34.9 Å². The summed E-state index contributed by atoms with van der Waals surface area (Å²) in [7, 11) is 0. The number of rotatable bonds is 13. The minimum Gasteiger partial charge on any atom is -0.481 e. The summed E-state index contributed by atoms with van der Waals surface area (Å²) >= 11 is 0. The molecular weight excluding hydrogens is 328 g/mol. The predicted octanol–water partition coefficient (Wildman–Crippen LogP) is 5.84. The summed E-state index contributed by atoms with van der Waals surface area (Å²) < 4.78 is 5.06. The zero-order chi connectivity index (χ0) is 19.9. The van der Waals surface area contributed by atoms with Crippen molar-refractivity contribution in [2.75, 3.05) is 6.61 Å². The lowest BCUT2D eigenvalue weighted by atomic mass is 9.97. The third-order valence-electron chi connectivity index (χ3n) is 4.20. The third kappa shape index (κ3) is 13.5. The molecule has 0 radical (unpaired) electrons. The average Bonchev–Trinajstić information content (AvgIpc) is 2.54. The molecule has 0 aromatic carbocycles. The monoisotopic (exact) mass is 364 g/mol. The van der Waals surface area contributed by atoms with Crippen LogP contribution in [0.2, 0.25) is 0 Å². The van der Waals surface area contributed by atoms with Gasteiger partial charge in [0.1, 0.15) is 0 Å². The highest BCUT2D eigenvalue weighted by Gasteiger charge is 2.19. The van der Waals surface area contributed by atoms with Crippen LogP contribution in [0.5, 0.6) is 0 Å². The van der Waals surface area contributed by atoms with Crippen molar-refractivity contribution in [2.45, 2.75) is 79.6 Å². The molecule has 0 aliphatic heterocycles. The average molecular weight is 365 g/mol. The highest BCUT2D eigenvalue weighted by molar-refractivity contribution is 5.74. The highest BCUT2D eigenvalue weighted by Crippen LogP contribution is 2.18. The molecule has 0 fully saturated rings. The van der Waals surface area contributed by atoms with Crippen molar-refractivity contribution in [2.24, 2.45) is 5.92 Å². The van der Waals surface area contributed by atoms with Crippen molar-refractivity contribution in [3.05, 3.63) is 34.9 Å². The van der Waals surface area contributed by atoms with Crippen molar-refractivity contribution >= 4 is 11.9 Å². The van der Waals surface area contributed by atoms with Crippen molar-refractivity contribution in [3.63, 3.8) is 0 Å². The molecule has 1 atom stereocenters. The number of carbonyl (C=O) groups is 2. The number of carboxylic acid groups (broad SMARTS) is 1. The van der Waals surface area contributed by atoms with Crippen LogP contribution in [0.4, 0.5) is 0 Å². The normalized spacial score (nSPS) is 13.3. The van der Waals surface area contributed by atoms with Gasteiger partial charge in [0.15, 0.2) is 0 Å². The van der Waals surface area contributed by atoms with E-state index in [-0.39, 0.29) is 18.3 Å². The lowest BCUT2D eigenvalue weighted by Crippen LogP contribution is -2.18. The maximum Gasteiger partial charge on any atom is 0.309 e. The molecule has 4 nitrogen and oxygen atoms in total. The Bertz CT molecular complexity index is 522. The SMILES string of the molecule is CCOC(=O)C(CC=C(C)CCC=C(C)CCC=C(C)C)CCC(=O)O. The number of carboxylic acids is 1. The Balaban J connectivity index is 4.44. The zero-order valence-electron chi connectivity index (χ0n) is 17.1. The van der Waals surface area contributed by atoms with Gasteiger partial charge in [0.05, 0.1) is 12.5 Å². The molecule has 0 aromatic rings. The summed E-state index contributed by atoms with van der Waals surface area (Å²) in [6.07, 6.45) is 11.6. The van der Waals surface area contributed by atoms with Gasteiger partial charge in [0.25, 0.3) is 0 Å². The van der Waals surface area contributed by atoms with E-state index in [1.165, 1.54) is 16.7 Å². The van der Waals surface area contributed by atoms with E-state index in [4.69, 9.17) is 9.84 Å². The van der Waals surface area contributed by atoms with Crippen LogP contribution in [-0.4, -0.2) is 23.7 Å². The first kappa shape index (κ1) is 24.2. The Morgan fingerprint density at radius 1 is 0.923 bits per heavy atom. The molecule has 1 unspecified atom stereocenters. The summed E-state index contributed by atoms with van der Waals surface area (Å²) in [6, 6.07) is 0. The van der Waals surface area contributed by atoms with Crippen molar-refractivity contribution in [1.29, 1.82) is 0 Å². The molecule has 0 heterocycles. The molecule has 0 bridgehead atoms. The molecule has 0 aromatic heterocycles. The first-order valence-electron chi connectivity index (χ1n) is 9.59. The fourth-order valence-corrected chi connectivity index (χ4v) is 2.57. The van der Waals surface area contributed by atoms with E-state index in [0.717, 1.165) is 25.7 Å². The molecule has 0 aliphatic carbocycles. The van der Waals surface area contributed by atoms with E-state index in [0.29, 0.717) is 19.4 Å².